The number of carbonyl (C=O) groups is 1. The zero-order chi connectivity index (χ0) is 11.5. The van der Waals surface area contributed by atoms with Crippen molar-refractivity contribution in [3.63, 3.8) is 0 Å². The Hall–Kier alpha value is -1.36. The third-order valence-electron chi connectivity index (χ3n) is 2.71. The van der Waals surface area contributed by atoms with Crippen molar-refractivity contribution in [3.8, 4) is 0 Å². The third-order valence-corrected chi connectivity index (χ3v) is 2.71. The summed E-state index contributed by atoms with van der Waals surface area (Å²) in [5.74, 6) is -0.251. The van der Waals surface area contributed by atoms with Gasteiger partial charge in [-0.3, -0.25) is 4.79 Å². The highest BCUT2D eigenvalue weighted by atomic mass is 16.5. The van der Waals surface area contributed by atoms with Crippen LogP contribution in [-0.2, 0) is 9.53 Å². The van der Waals surface area contributed by atoms with Gasteiger partial charge < -0.3 is 15.0 Å². The summed E-state index contributed by atoms with van der Waals surface area (Å²) in [6.07, 6.45) is 6.09. The van der Waals surface area contributed by atoms with Crippen LogP contribution in [0.25, 0.3) is 0 Å². The number of ether oxygens (including phenoxy) is 1. The molecule has 5 nitrogen and oxygen atoms in total. The molecule has 0 aromatic carbocycles. The average molecular weight is 223 g/mol. The Morgan fingerprint density at radius 2 is 2.50 bits per heavy atom. The number of aromatic nitrogens is 2. The molecule has 0 radical (unpaired) electrons. The van der Waals surface area contributed by atoms with Gasteiger partial charge in [-0.05, 0) is 19.8 Å². The van der Waals surface area contributed by atoms with Crippen molar-refractivity contribution in [1.82, 2.24) is 9.55 Å². The van der Waals surface area contributed by atoms with Crippen molar-refractivity contribution >= 4 is 5.97 Å². The number of carbonyl (C=O) groups excluding carboxylic acids is 1. The maximum atomic E-state index is 11.3. The van der Waals surface area contributed by atoms with Gasteiger partial charge in [0.25, 0.3) is 0 Å². The Bertz CT molecular complexity index is 371. The molecule has 16 heavy (non-hydrogen) atoms. The van der Waals surface area contributed by atoms with Gasteiger partial charge in [-0.2, -0.15) is 0 Å². The van der Waals surface area contributed by atoms with E-state index in [0.29, 0.717) is 12.6 Å². The topological polar surface area (TPSA) is 70.1 Å². The predicted molar refractivity (Wildman–Crippen MR) is 58.7 cm³/mol. The number of esters is 1. The van der Waals surface area contributed by atoms with E-state index in [1.165, 1.54) is 12.8 Å². The second kappa shape index (κ2) is 4.65. The standard InChI is InChI=1S/C11H17N3O2/c1-2-16-11(15)5-9(12)10-6-13-7-14(10)8-3-4-8/h6-9H,2-5,12H2,1H3. The summed E-state index contributed by atoms with van der Waals surface area (Å²) in [7, 11) is 0. The van der Waals surface area contributed by atoms with Crippen molar-refractivity contribution in [2.45, 2.75) is 38.3 Å². The first-order chi connectivity index (χ1) is 7.72. The molecule has 0 aliphatic heterocycles. The molecule has 1 fully saturated rings. The highest BCUT2D eigenvalue weighted by Crippen LogP contribution is 2.36. The average Bonchev–Trinajstić information content (AvgIpc) is 2.96. The zero-order valence-electron chi connectivity index (χ0n) is 9.43. The van der Waals surface area contributed by atoms with E-state index < -0.39 is 0 Å². The second-order valence-electron chi connectivity index (χ2n) is 4.07. The summed E-state index contributed by atoms with van der Waals surface area (Å²) < 4.78 is 6.95. The first-order valence-corrected chi connectivity index (χ1v) is 5.65. The number of imidazole rings is 1. The minimum atomic E-state index is -0.317. The van der Waals surface area contributed by atoms with Gasteiger partial charge in [0.1, 0.15) is 0 Å². The van der Waals surface area contributed by atoms with Crippen molar-refractivity contribution in [2.24, 2.45) is 5.73 Å². The van der Waals surface area contributed by atoms with Crippen LogP contribution in [0.2, 0.25) is 0 Å². The van der Waals surface area contributed by atoms with Crippen LogP contribution in [0.5, 0.6) is 0 Å². The first-order valence-electron chi connectivity index (χ1n) is 5.65. The lowest BCUT2D eigenvalue weighted by Crippen LogP contribution is -2.20. The van der Waals surface area contributed by atoms with Gasteiger partial charge in [-0.1, -0.05) is 0 Å². The summed E-state index contributed by atoms with van der Waals surface area (Å²) in [5.41, 5.74) is 6.90. The van der Waals surface area contributed by atoms with E-state index in [1.807, 2.05) is 0 Å². The Kier molecular flexibility index (Phi) is 3.24. The quantitative estimate of drug-likeness (QED) is 0.761. The monoisotopic (exact) mass is 223 g/mol. The third kappa shape index (κ3) is 2.41. The summed E-state index contributed by atoms with van der Waals surface area (Å²) >= 11 is 0. The highest BCUT2D eigenvalue weighted by molar-refractivity contribution is 5.70. The second-order valence-corrected chi connectivity index (χ2v) is 4.07. The molecule has 1 unspecified atom stereocenters. The molecule has 1 aromatic rings. The molecule has 1 heterocycles. The van der Waals surface area contributed by atoms with Crippen LogP contribution in [0.3, 0.4) is 0 Å². The fourth-order valence-electron chi connectivity index (χ4n) is 1.76. The lowest BCUT2D eigenvalue weighted by atomic mass is 10.1. The van der Waals surface area contributed by atoms with E-state index in [1.54, 1.807) is 19.4 Å². The SMILES string of the molecule is CCOC(=O)CC(N)c1cncn1C1CC1. The molecule has 1 atom stereocenters. The molecule has 1 aromatic heterocycles. The molecule has 2 rings (SSSR count). The molecule has 0 amide bonds. The van der Waals surface area contributed by atoms with Gasteiger partial charge in [0.2, 0.25) is 0 Å². The van der Waals surface area contributed by atoms with E-state index in [-0.39, 0.29) is 18.4 Å². The maximum Gasteiger partial charge on any atom is 0.307 e. The van der Waals surface area contributed by atoms with Crippen LogP contribution in [0.4, 0.5) is 0 Å². The number of nitrogens with two attached hydrogens (primary N) is 1. The number of hydrogen-bond acceptors (Lipinski definition) is 4. The normalized spacial score (nSPS) is 17.1. The lowest BCUT2D eigenvalue weighted by molar-refractivity contribution is -0.143. The summed E-state index contributed by atoms with van der Waals surface area (Å²) in [6.45, 7) is 2.19. The van der Waals surface area contributed by atoms with Crippen LogP contribution in [0.1, 0.15) is 44.0 Å². The Morgan fingerprint density at radius 1 is 1.75 bits per heavy atom. The Balaban J connectivity index is 1.99. The fourth-order valence-corrected chi connectivity index (χ4v) is 1.76. The van der Waals surface area contributed by atoms with Crippen LogP contribution in [-0.4, -0.2) is 22.1 Å². The van der Waals surface area contributed by atoms with Gasteiger partial charge in [0.05, 0.1) is 31.1 Å². The van der Waals surface area contributed by atoms with E-state index in [9.17, 15) is 4.79 Å². The molecule has 5 heteroatoms. The van der Waals surface area contributed by atoms with E-state index in [0.717, 1.165) is 5.69 Å². The molecule has 2 N–H and O–H groups in total. The van der Waals surface area contributed by atoms with Crippen molar-refractivity contribution in [3.05, 3.63) is 18.2 Å². The molecule has 1 saturated carbocycles. The molecular weight excluding hydrogens is 206 g/mol. The van der Waals surface area contributed by atoms with E-state index in [2.05, 4.69) is 9.55 Å². The minimum Gasteiger partial charge on any atom is -0.466 e. The zero-order valence-corrected chi connectivity index (χ0v) is 9.43. The van der Waals surface area contributed by atoms with Crippen LogP contribution in [0, 0.1) is 0 Å². The largest absolute Gasteiger partial charge is 0.466 e. The van der Waals surface area contributed by atoms with Gasteiger partial charge in [0, 0.05) is 12.2 Å². The molecule has 88 valence electrons. The van der Waals surface area contributed by atoms with E-state index in [4.69, 9.17) is 10.5 Å². The first kappa shape index (κ1) is 11.1. The van der Waals surface area contributed by atoms with E-state index >= 15 is 0 Å². The molecule has 1 aliphatic rings. The molecule has 0 bridgehead atoms. The lowest BCUT2D eigenvalue weighted by Gasteiger charge is -2.13. The van der Waals surface area contributed by atoms with Crippen molar-refractivity contribution < 1.29 is 9.53 Å². The van der Waals surface area contributed by atoms with Crippen LogP contribution < -0.4 is 5.73 Å². The minimum absolute atomic E-state index is 0.215. The molecule has 0 spiro atoms. The summed E-state index contributed by atoms with van der Waals surface area (Å²) in [5, 5.41) is 0. The summed E-state index contributed by atoms with van der Waals surface area (Å²) in [4.78, 5) is 15.4. The molecule has 0 saturated heterocycles. The van der Waals surface area contributed by atoms with Crippen LogP contribution >= 0.6 is 0 Å². The van der Waals surface area contributed by atoms with Crippen LogP contribution in [0.15, 0.2) is 12.5 Å². The smallest absolute Gasteiger partial charge is 0.307 e. The number of nitrogens with zero attached hydrogens (tertiary/aromatic N) is 2. The maximum absolute atomic E-state index is 11.3. The van der Waals surface area contributed by atoms with Gasteiger partial charge in [-0.15, -0.1) is 0 Å². The predicted octanol–water partition coefficient (Wildman–Crippen LogP) is 1.17. The van der Waals surface area contributed by atoms with Gasteiger partial charge in [0.15, 0.2) is 0 Å². The van der Waals surface area contributed by atoms with Gasteiger partial charge in [-0.25, -0.2) is 4.98 Å². The molecular formula is C11H17N3O2. The highest BCUT2D eigenvalue weighted by Gasteiger charge is 2.27. The number of rotatable bonds is 5. The fraction of sp³-hybridized carbons (Fsp3) is 0.636. The number of hydrogen-bond donors (Lipinski definition) is 1. The van der Waals surface area contributed by atoms with Crippen molar-refractivity contribution in [2.75, 3.05) is 6.61 Å². The molecule has 1 aliphatic carbocycles. The van der Waals surface area contributed by atoms with Crippen molar-refractivity contribution in [1.29, 1.82) is 0 Å². The summed E-state index contributed by atoms with van der Waals surface area (Å²) in [6, 6.07) is 0.216. The Morgan fingerprint density at radius 3 is 3.12 bits per heavy atom. The van der Waals surface area contributed by atoms with Gasteiger partial charge >= 0.3 is 5.97 Å². The Labute approximate surface area is 94.6 Å².